The monoisotopic (exact) mass is 316 g/mol. The zero-order valence-electron chi connectivity index (χ0n) is 13.3. The molecule has 0 aromatic carbocycles. The molecule has 1 saturated heterocycles. The number of hydrogen-bond donors (Lipinski definition) is 1. The topological polar surface area (TPSA) is 80.5 Å². The number of pyridine rings is 1. The Bertz CT molecular complexity index is 668. The summed E-state index contributed by atoms with van der Waals surface area (Å²) in [4.78, 5) is 18.6. The molecule has 1 atom stereocenters. The van der Waals surface area contributed by atoms with E-state index in [4.69, 9.17) is 9.26 Å². The fourth-order valence-electron chi connectivity index (χ4n) is 2.47. The van der Waals surface area contributed by atoms with Crippen molar-refractivity contribution < 1.29 is 14.1 Å². The normalized spacial score (nSPS) is 18.0. The third-order valence-electron chi connectivity index (χ3n) is 3.68. The SMILES string of the molecule is Cc1cc(C(=O)NCc2ccc(N3CCO[C@@H](C)C3)nc2)on1. The number of aromatic nitrogens is 2. The predicted octanol–water partition coefficient (Wildman–Crippen LogP) is 1.53. The van der Waals surface area contributed by atoms with Gasteiger partial charge in [0.1, 0.15) is 5.82 Å². The van der Waals surface area contributed by atoms with Crippen LogP contribution in [0, 0.1) is 6.92 Å². The van der Waals surface area contributed by atoms with Gasteiger partial charge in [-0.05, 0) is 25.5 Å². The summed E-state index contributed by atoms with van der Waals surface area (Å²) >= 11 is 0. The van der Waals surface area contributed by atoms with E-state index >= 15 is 0 Å². The first kappa shape index (κ1) is 15.5. The number of carbonyl (C=O) groups excluding carboxylic acids is 1. The van der Waals surface area contributed by atoms with Crippen LogP contribution in [-0.2, 0) is 11.3 Å². The van der Waals surface area contributed by atoms with Gasteiger partial charge < -0.3 is 19.5 Å². The number of amides is 1. The molecule has 1 fully saturated rings. The molecular formula is C16H20N4O3. The van der Waals surface area contributed by atoms with Crippen LogP contribution < -0.4 is 10.2 Å². The van der Waals surface area contributed by atoms with Crippen LogP contribution in [0.5, 0.6) is 0 Å². The molecular weight excluding hydrogens is 296 g/mol. The Labute approximate surface area is 134 Å². The number of morpholine rings is 1. The minimum atomic E-state index is -0.281. The molecule has 7 nitrogen and oxygen atoms in total. The van der Waals surface area contributed by atoms with Gasteiger partial charge in [-0.25, -0.2) is 4.98 Å². The van der Waals surface area contributed by atoms with Gasteiger partial charge >= 0.3 is 0 Å². The molecule has 0 unspecified atom stereocenters. The van der Waals surface area contributed by atoms with Crippen molar-refractivity contribution in [3.8, 4) is 0 Å². The van der Waals surface area contributed by atoms with Gasteiger partial charge in [0.05, 0.1) is 18.4 Å². The maximum atomic E-state index is 11.9. The second-order valence-electron chi connectivity index (χ2n) is 5.67. The summed E-state index contributed by atoms with van der Waals surface area (Å²) in [6.07, 6.45) is 2.00. The highest BCUT2D eigenvalue weighted by Crippen LogP contribution is 2.15. The van der Waals surface area contributed by atoms with E-state index in [1.807, 2.05) is 12.1 Å². The number of nitrogens with one attached hydrogen (secondary N) is 1. The van der Waals surface area contributed by atoms with Crippen molar-refractivity contribution in [3.05, 3.63) is 41.4 Å². The van der Waals surface area contributed by atoms with E-state index < -0.39 is 0 Å². The molecule has 3 heterocycles. The Balaban J connectivity index is 1.56. The van der Waals surface area contributed by atoms with Crippen LogP contribution in [0.4, 0.5) is 5.82 Å². The zero-order valence-corrected chi connectivity index (χ0v) is 13.3. The van der Waals surface area contributed by atoms with E-state index in [0.29, 0.717) is 12.2 Å². The van der Waals surface area contributed by atoms with Gasteiger partial charge in [-0.2, -0.15) is 0 Å². The lowest BCUT2D eigenvalue weighted by atomic mass is 10.2. The van der Waals surface area contributed by atoms with E-state index in [-0.39, 0.29) is 17.8 Å². The second-order valence-corrected chi connectivity index (χ2v) is 5.67. The van der Waals surface area contributed by atoms with Gasteiger partial charge in [-0.3, -0.25) is 4.79 Å². The summed E-state index contributed by atoms with van der Waals surface area (Å²) in [6.45, 7) is 6.63. The molecule has 3 rings (SSSR count). The van der Waals surface area contributed by atoms with Gasteiger partial charge in [0.2, 0.25) is 5.76 Å². The highest BCUT2D eigenvalue weighted by atomic mass is 16.5. The zero-order chi connectivity index (χ0) is 16.2. The summed E-state index contributed by atoms with van der Waals surface area (Å²) in [7, 11) is 0. The lowest BCUT2D eigenvalue weighted by Gasteiger charge is -2.32. The molecule has 7 heteroatoms. The van der Waals surface area contributed by atoms with E-state index in [1.54, 1.807) is 19.2 Å². The minimum Gasteiger partial charge on any atom is -0.375 e. The number of nitrogens with zero attached hydrogens (tertiary/aromatic N) is 3. The first-order chi connectivity index (χ1) is 11.1. The highest BCUT2D eigenvalue weighted by Gasteiger charge is 2.17. The largest absolute Gasteiger partial charge is 0.375 e. The summed E-state index contributed by atoms with van der Waals surface area (Å²) in [6, 6.07) is 5.54. The highest BCUT2D eigenvalue weighted by molar-refractivity contribution is 5.91. The van der Waals surface area contributed by atoms with Crippen LogP contribution in [0.1, 0.15) is 28.7 Å². The van der Waals surface area contributed by atoms with Gasteiger partial charge in [0, 0.05) is 31.9 Å². The molecule has 1 aliphatic rings. The number of aryl methyl sites for hydroxylation is 1. The van der Waals surface area contributed by atoms with E-state index in [9.17, 15) is 4.79 Å². The molecule has 0 aliphatic carbocycles. The molecule has 2 aromatic heterocycles. The van der Waals surface area contributed by atoms with Gasteiger partial charge in [-0.15, -0.1) is 0 Å². The third-order valence-corrected chi connectivity index (χ3v) is 3.68. The van der Waals surface area contributed by atoms with Gasteiger partial charge in [-0.1, -0.05) is 11.2 Å². The number of anilines is 1. The lowest BCUT2D eigenvalue weighted by Crippen LogP contribution is -2.41. The summed E-state index contributed by atoms with van der Waals surface area (Å²) in [5.74, 6) is 0.868. The smallest absolute Gasteiger partial charge is 0.290 e. The molecule has 2 aromatic rings. The molecule has 0 radical (unpaired) electrons. The van der Waals surface area contributed by atoms with Crippen molar-refractivity contribution in [1.82, 2.24) is 15.5 Å². The van der Waals surface area contributed by atoms with E-state index in [1.165, 1.54) is 0 Å². The Morgan fingerprint density at radius 1 is 1.48 bits per heavy atom. The van der Waals surface area contributed by atoms with Gasteiger partial charge in [0.15, 0.2) is 0 Å². The van der Waals surface area contributed by atoms with Crippen molar-refractivity contribution >= 4 is 11.7 Å². The standard InChI is InChI=1S/C16H20N4O3/c1-11-7-14(23-19-11)16(21)18-9-13-3-4-15(17-8-13)20-5-6-22-12(2)10-20/h3-4,7-8,12H,5-6,9-10H2,1-2H3,(H,18,21)/t12-/m0/s1. The summed E-state index contributed by atoms with van der Waals surface area (Å²) in [5, 5.41) is 6.49. The first-order valence-corrected chi connectivity index (χ1v) is 7.65. The van der Waals surface area contributed by atoms with Crippen LogP contribution in [0.25, 0.3) is 0 Å². The van der Waals surface area contributed by atoms with Crippen molar-refractivity contribution in [2.24, 2.45) is 0 Å². The van der Waals surface area contributed by atoms with Crippen LogP contribution in [-0.4, -0.2) is 41.8 Å². The van der Waals surface area contributed by atoms with Crippen molar-refractivity contribution in [3.63, 3.8) is 0 Å². The van der Waals surface area contributed by atoms with Crippen LogP contribution in [0.3, 0.4) is 0 Å². The van der Waals surface area contributed by atoms with Crippen LogP contribution >= 0.6 is 0 Å². The lowest BCUT2D eigenvalue weighted by molar-refractivity contribution is 0.0529. The number of rotatable bonds is 4. The third kappa shape index (κ3) is 3.87. The minimum absolute atomic E-state index is 0.217. The Morgan fingerprint density at radius 2 is 2.35 bits per heavy atom. The van der Waals surface area contributed by atoms with Crippen molar-refractivity contribution in [2.75, 3.05) is 24.6 Å². The molecule has 0 spiro atoms. The summed E-state index contributed by atoms with van der Waals surface area (Å²) in [5.41, 5.74) is 1.61. The average Bonchev–Trinajstić information content (AvgIpc) is 3.00. The molecule has 122 valence electrons. The first-order valence-electron chi connectivity index (χ1n) is 7.65. The molecule has 0 saturated carbocycles. The van der Waals surface area contributed by atoms with E-state index in [0.717, 1.165) is 31.1 Å². The van der Waals surface area contributed by atoms with Gasteiger partial charge in [0.25, 0.3) is 5.91 Å². The fourth-order valence-corrected chi connectivity index (χ4v) is 2.47. The van der Waals surface area contributed by atoms with Crippen LogP contribution in [0.15, 0.2) is 28.9 Å². The van der Waals surface area contributed by atoms with Crippen molar-refractivity contribution in [1.29, 1.82) is 0 Å². The summed E-state index contributed by atoms with van der Waals surface area (Å²) < 4.78 is 10.5. The van der Waals surface area contributed by atoms with Crippen LogP contribution in [0.2, 0.25) is 0 Å². The molecule has 1 aliphatic heterocycles. The molecule has 23 heavy (non-hydrogen) atoms. The predicted molar refractivity (Wildman–Crippen MR) is 84.3 cm³/mol. The number of ether oxygens (including phenoxy) is 1. The average molecular weight is 316 g/mol. The second kappa shape index (κ2) is 6.78. The maximum Gasteiger partial charge on any atom is 0.290 e. The molecule has 0 bridgehead atoms. The Kier molecular flexibility index (Phi) is 4.57. The Morgan fingerprint density at radius 3 is 3.00 bits per heavy atom. The number of carbonyl (C=O) groups is 1. The molecule has 1 amide bonds. The number of hydrogen-bond acceptors (Lipinski definition) is 6. The molecule has 1 N–H and O–H groups in total. The quantitative estimate of drug-likeness (QED) is 0.921. The fraction of sp³-hybridized carbons (Fsp3) is 0.438. The maximum absolute atomic E-state index is 11.9. The Hall–Kier alpha value is -2.41. The van der Waals surface area contributed by atoms with Crippen molar-refractivity contribution in [2.45, 2.75) is 26.5 Å². The van der Waals surface area contributed by atoms with E-state index in [2.05, 4.69) is 27.3 Å².